The highest BCUT2D eigenvalue weighted by molar-refractivity contribution is 14.1. The highest BCUT2D eigenvalue weighted by Gasteiger charge is 2.05. The summed E-state index contributed by atoms with van der Waals surface area (Å²) < 4.78 is 1.53. The first kappa shape index (κ1) is 17.7. The number of phenolic OH excluding ortho intramolecular Hbond substituents is 1. The second-order valence-electron chi connectivity index (χ2n) is 4.84. The molecule has 0 heterocycles. The van der Waals surface area contributed by atoms with Crippen molar-refractivity contribution < 1.29 is 9.90 Å². The number of halogens is 2. The monoisotopic (exact) mass is 487 g/mol. The van der Waals surface area contributed by atoms with Crippen LogP contribution in [-0.2, 0) is 4.79 Å². The number of nitrogens with zero attached hydrogens (tertiary/aromatic N) is 1. The van der Waals surface area contributed by atoms with E-state index in [0.29, 0.717) is 9.13 Å². The SMILES string of the molecule is Cc1ccc(NCC(=O)NN=Cc2cc(Br)cc(I)c2O)cc1. The highest BCUT2D eigenvalue weighted by atomic mass is 127. The van der Waals surface area contributed by atoms with E-state index in [1.165, 1.54) is 6.21 Å². The van der Waals surface area contributed by atoms with Gasteiger partial charge < -0.3 is 10.4 Å². The lowest BCUT2D eigenvalue weighted by Crippen LogP contribution is -2.25. The van der Waals surface area contributed by atoms with Crippen LogP contribution < -0.4 is 10.7 Å². The van der Waals surface area contributed by atoms with Crippen LogP contribution in [0.15, 0.2) is 46.0 Å². The molecule has 0 unspecified atom stereocenters. The molecule has 7 heteroatoms. The van der Waals surface area contributed by atoms with Crippen LogP contribution in [0, 0.1) is 10.5 Å². The second kappa shape index (κ2) is 8.30. The van der Waals surface area contributed by atoms with Gasteiger partial charge in [-0.3, -0.25) is 4.79 Å². The van der Waals surface area contributed by atoms with E-state index < -0.39 is 0 Å². The molecule has 2 rings (SSSR count). The van der Waals surface area contributed by atoms with Crippen LogP contribution in [0.25, 0.3) is 0 Å². The zero-order valence-electron chi connectivity index (χ0n) is 12.3. The minimum Gasteiger partial charge on any atom is -0.506 e. The average Bonchev–Trinajstić information content (AvgIpc) is 2.51. The smallest absolute Gasteiger partial charge is 0.259 e. The van der Waals surface area contributed by atoms with Crippen molar-refractivity contribution in [3.8, 4) is 5.75 Å². The number of hydrazone groups is 1. The van der Waals surface area contributed by atoms with E-state index in [-0.39, 0.29) is 18.2 Å². The van der Waals surface area contributed by atoms with E-state index in [2.05, 4.69) is 31.8 Å². The van der Waals surface area contributed by atoms with Gasteiger partial charge in [-0.1, -0.05) is 33.6 Å². The molecule has 3 N–H and O–H groups in total. The number of carbonyl (C=O) groups is 1. The third-order valence-electron chi connectivity index (χ3n) is 2.96. The van der Waals surface area contributed by atoms with Crippen LogP contribution >= 0.6 is 38.5 Å². The maximum absolute atomic E-state index is 11.7. The average molecular weight is 488 g/mol. The molecule has 2 aromatic carbocycles. The van der Waals surface area contributed by atoms with Crippen LogP contribution in [-0.4, -0.2) is 23.8 Å². The van der Waals surface area contributed by atoms with Crippen molar-refractivity contribution in [2.24, 2.45) is 5.10 Å². The van der Waals surface area contributed by atoms with Gasteiger partial charge in [-0.15, -0.1) is 0 Å². The van der Waals surface area contributed by atoms with Gasteiger partial charge in [0.2, 0.25) is 0 Å². The van der Waals surface area contributed by atoms with Crippen molar-refractivity contribution in [2.45, 2.75) is 6.92 Å². The molecule has 0 spiro atoms. The third kappa shape index (κ3) is 5.51. The number of benzene rings is 2. The van der Waals surface area contributed by atoms with Gasteiger partial charge in [0.05, 0.1) is 16.3 Å². The summed E-state index contributed by atoms with van der Waals surface area (Å²) in [5, 5.41) is 16.8. The van der Waals surface area contributed by atoms with E-state index >= 15 is 0 Å². The first-order valence-electron chi connectivity index (χ1n) is 6.76. The summed E-state index contributed by atoms with van der Waals surface area (Å²) in [6.45, 7) is 2.12. The maximum atomic E-state index is 11.7. The molecule has 0 aromatic heterocycles. The largest absolute Gasteiger partial charge is 0.506 e. The normalized spacial score (nSPS) is 10.7. The molecule has 23 heavy (non-hydrogen) atoms. The Hall–Kier alpha value is -1.61. The third-order valence-corrected chi connectivity index (χ3v) is 4.24. The molecule has 0 aliphatic rings. The molecule has 0 radical (unpaired) electrons. The van der Waals surface area contributed by atoms with Crippen LogP contribution in [0.5, 0.6) is 5.75 Å². The number of phenols is 1. The Balaban J connectivity index is 1.88. The molecule has 0 aliphatic carbocycles. The lowest BCUT2D eigenvalue weighted by Gasteiger charge is -2.06. The Morgan fingerprint density at radius 1 is 1.35 bits per heavy atom. The van der Waals surface area contributed by atoms with Gasteiger partial charge in [0.1, 0.15) is 5.75 Å². The van der Waals surface area contributed by atoms with Crippen LogP contribution in [0.1, 0.15) is 11.1 Å². The van der Waals surface area contributed by atoms with E-state index in [4.69, 9.17) is 0 Å². The van der Waals surface area contributed by atoms with E-state index in [0.717, 1.165) is 15.7 Å². The topological polar surface area (TPSA) is 73.7 Å². The number of aryl methyl sites for hydroxylation is 1. The van der Waals surface area contributed by atoms with Gasteiger partial charge in [0, 0.05) is 15.7 Å². The fourth-order valence-electron chi connectivity index (χ4n) is 1.75. The summed E-state index contributed by atoms with van der Waals surface area (Å²) in [5.41, 5.74) is 4.97. The molecule has 1 amide bonds. The summed E-state index contributed by atoms with van der Waals surface area (Å²) in [7, 11) is 0. The number of hydrogen-bond acceptors (Lipinski definition) is 4. The minimum atomic E-state index is -0.272. The lowest BCUT2D eigenvalue weighted by molar-refractivity contribution is -0.119. The predicted molar refractivity (Wildman–Crippen MR) is 104 cm³/mol. The summed E-state index contributed by atoms with van der Waals surface area (Å²) in [4.78, 5) is 11.7. The van der Waals surface area contributed by atoms with Gasteiger partial charge in [-0.2, -0.15) is 5.10 Å². The molecule has 0 aliphatic heterocycles. The van der Waals surface area contributed by atoms with Crippen LogP contribution in [0.2, 0.25) is 0 Å². The van der Waals surface area contributed by atoms with Crippen molar-refractivity contribution in [3.05, 3.63) is 55.6 Å². The molecule has 0 saturated carbocycles. The summed E-state index contributed by atoms with van der Waals surface area (Å²) in [6, 6.07) is 11.3. The Morgan fingerprint density at radius 3 is 2.74 bits per heavy atom. The fourth-order valence-corrected chi connectivity index (χ4v) is 3.30. The number of amides is 1. The molecule has 0 atom stereocenters. The van der Waals surface area contributed by atoms with Crippen molar-refractivity contribution in [3.63, 3.8) is 0 Å². The van der Waals surface area contributed by atoms with Crippen molar-refractivity contribution >= 4 is 56.3 Å². The zero-order valence-corrected chi connectivity index (χ0v) is 16.1. The van der Waals surface area contributed by atoms with Gasteiger partial charge in [0.25, 0.3) is 5.91 Å². The van der Waals surface area contributed by atoms with E-state index in [1.807, 2.05) is 53.8 Å². The number of rotatable bonds is 5. The molecule has 0 bridgehead atoms. The number of carbonyl (C=O) groups excluding carboxylic acids is 1. The summed E-state index contributed by atoms with van der Waals surface area (Å²) in [5.74, 6) is -0.143. The molecule has 0 fully saturated rings. The number of nitrogens with one attached hydrogen (secondary N) is 2. The molecular weight excluding hydrogens is 473 g/mol. The Bertz CT molecular complexity index is 733. The zero-order chi connectivity index (χ0) is 16.8. The first-order valence-corrected chi connectivity index (χ1v) is 8.63. The van der Waals surface area contributed by atoms with Gasteiger partial charge in [0.15, 0.2) is 0 Å². The standard InChI is InChI=1S/C16H15BrIN3O2/c1-10-2-4-13(5-3-10)19-9-15(22)21-20-8-11-6-12(17)7-14(18)16(11)23/h2-8,19,23H,9H2,1H3,(H,21,22). The number of anilines is 1. The molecule has 2 aromatic rings. The Labute approximate surface area is 156 Å². The van der Waals surface area contributed by atoms with E-state index in [9.17, 15) is 9.90 Å². The Morgan fingerprint density at radius 2 is 2.04 bits per heavy atom. The molecule has 5 nitrogen and oxygen atoms in total. The fraction of sp³-hybridized carbons (Fsp3) is 0.125. The summed E-state index contributed by atoms with van der Waals surface area (Å²) >= 11 is 5.37. The van der Waals surface area contributed by atoms with E-state index in [1.54, 1.807) is 12.1 Å². The van der Waals surface area contributed by atoms with Crippen LogP contribution in [0.3, 0.4) is 0 Å². The second-order valence-corrected chi connectivity index (χ2v) is 6.92. The number of aromatic hydroxyl groups is 1. The van der Waals surface area contributed by atoms with Crippen molar-refractivity contribution in [1.29, 1.82) is 0 Å². The minimum absolute atomic E-state index is 0.113. The molecule has 120 valence electrons. The lowest BCUT2D eigenvalue weighted by atomic mass is 10.2. The van der Waals surface area contributed by atoms with Gasteiger partial charge in [-0.25, -0.2) is 5.43 Å². The molecular formula is C16H15BrIN3O2. The maximum Gasteiger partial charge on any atom is 0.259 e. The first-order chi connectivity index (χ1) is 11.0. The van der Waals surface area contributed by atoms with Crippen LogP contribution in [0.4, 0.5) is 5.69 Å². The van der Waals surface area contributed by atoms with Gasteiger partial charge in [-0.05, 0) is 53.8 Å². The predicted octanol–water partition coefficient (Wildman–Crippen LogP) is 3.63. The highest BCUT2D eigenvalue weighted by Crippen LogP contribution is 2.27. The van der Waals surface area contributed by atoms with Crippen molar-refractivity contribution in [1.82, 2.24) is 5.43 Å². The number of hydrogen-bond donors (Lipinski definition) is 3. The van der Waals surface area contributed by atoms with Crippen molar-refractivity contribution in [2.75, 3.05) is 11.9 Å². The molecule has 0 saturated heterocycles. The quantitative estimate of drug-likeness (QED) is 0.342. The summed E-state index contributed by atoms with van der Waals surface area (Å²) in [6.07, 6.45) is 1.41. The van der Waals surface area contributed by atoms with Gasteiger partial charge >= 0.3 is 0 Å². The Kier molecular flexibility index (Phi) is 6.40.